The Balaban J connectivity index is 0.910. The van der Waals surface area contributed by atoms with Gasteiger partial charge in [-0.2, -0.15) is 0 Å². The van der Waals surface area contributed by atoms with Gasteiger partial charge >= 0.3 is 0 Å². The molecule has 0 unspecified atom stereocenters. The van der Waals surface area contributed by atoms with Crippen LogP contribution in [0.4, 0.5) is 22.7 Å². The molecule has 0 saturated carbocycles. The molecule has 0 spiro atoms. The SMILES string of the molecule is CC(C)(C)c1cc(N2CN(c3cccc(Oc4ccc5c6cc([Si](c7ccccc7)(c7ccccc7)c7ccccc7)ccc6n(-c6cc(C(C)(C)C)ccn6)c5c4)c3)c3cccc(-c4cccc5c4oc4ccccc45)c32)cc(C(C)(C)C)c1. The summed E-state index contributed by atoms with van der Waals surface area (Å²) in [6, 6.07) is 89.1. The number of fused-ring (bicyclic) bond motifs is 7. The molecule has 13 aromatic rings. The van der Waals surface area contributed by atoms with Gasteiger partial charge < -0.3 is 19.0 Å². The quantitative estimate of drug-likeness (QED) is 0.101. The van der Waals surface area contributed by atoms with Gasteiger partial charge in [-0.25, -0.2) is 4.98 Å². The fraction of sp³-hybridized carbons (Fsp3) is 0.167. The zero-order chi connectivity index (χ0) is 58.4. The normalized spacial score (nSPS) is 13.1. The molecule has 10 aromatic carbocycles. The lowest BCUT2D eigenvalue weighted by Gasteiger charge is -2.34. The average molecular weight is 1120 g/mol. The van der Waals surface area contributed by atoms with E-state index in [0.717, 1.165) is 89.6 Å². The van der Waals surface area contributed by atoms with Gasteiger partial charge in [0.1, 0.15) is 35.2 Å². The number of furan rings is 1. The van der Waals surface area contributed by atoms with E-state index in [-0.39, 0.29) is 16.2 Å². The van der Waals surface area contributed by atoms with Crippen LogP contribution < -0.4 is 35.3 Å². The molecule has 0 bridgehead atoms. The minimum absolute atomic E-state index is 0.0723. The average Bonchev–Trinajstić information content (AvgIpc) is 2.57. The Kier molecular flexibility index (Phi) is 12.9. The molecule has 1 aliphatic rings. The van der Waals surface area contributed by atoms with Gasteiger partial charge in [-0.05, 0) is 120 Å². The van der Waals surface area contributed by atoms with Crippen molar-refractivity contribution in [2.75, 3.05) is 16.5 Å². The summed E-state index contributed by atoms with van der Waals surface area (Å²) in [5, 5.41) is 9.84. The topological polar surface area (TPSA) is 46.7 Å². The Morgan fingerprint density at radius 3 is 1.68 bits per heavy atom. The second-order valence-electron chi connectivity index (χ2n) is 26.1. The van der Waals surface area contributed by atoms with Gasteiger partial charge in [-0.3, -0.25) is 4.57 Å². The smallest absolute Gasteiger partial charge is 0.179 e. The predicted molar refractivity (Wildman–Crippen MR) is 360 cm³/mol. The van der Waals surface area contributed by atoms with Crippen molar-refractivity contribution in [2.45, 2.75) is 78.6 Å². The predicted octanol–water partition coefficient (Wildman–Crippen LogP) is 18.1. The largest absolute Gasteiger partial charge is 0.457 e. The molecule has 7 heteroatoms. The van der Waals surface area contributed by atoms with Gasteiger partial charge in [0.15, 0.2) is 8.07 Å². The summed E-state index contributed by atoms with van der Waals surface area (Å²) >= 11 is 0. The third-order valence-corrected chi connectivity index (χ3v) is 22.3. The Hall–Kier alpha value is -9.43. The zero-order valence-corrected chi connectivity index (χ0v) is 51.0. The number of nitrogens with zero attached hydrogens (tertiary/aromatic N) is 4. The van der Waals surface area contributed by atoms with E-state index in [1.807, 2.05) is 12.3 Å². The number of ether oxygens (including phenoxy) is 1. The van der Waals surface area contributed by atoms with E-state index < -0.39 is 8.07 Å². The van der Waals surface area contributed by atoms with E-state index in [4.69, 9.17) is 14.1 Å². The fourth-order valence-electron chi connectivity index (χ4n) is 13.0. The van der Waals surface area contributed by atoms with Crippen LogP contribution in [-0.2, 0) is 16.2 Å². The molecule has 0 saturated heterocycles. The lowest BCUT2D eigenvalue weighted by molar-refractivity contribution is 0.483. The Morgan fingerprint density at radius 2 is 1.01 bits per heavy atom. The van der Waals surface area contributed by atoms with E-state index in [1.165, 1.54) is 42.8 Å². The van der Waals surface area contributed by atoms with Crippen LogP contribution in [0, 0.1) is 0 Å². The van der Waals surface area contributed by atoms with E-state index in [9.17, 15) is 0 Å². The number of rotatable bonds is 10. The van der Waals surface area contributed by atoms with Crippen LogP contribution in [0.15, 0.2) is 253 Å². The maximum atomic E-state index is 7.10. The van der Waals surface area contributed by atoms with E-state index in [0.29, 0.717) is 6.67 Å². The van der Waals surface area contributed by atoms with Crippen LogP contribution in [0.1, 0.15) is 79.0 Å². The first kappa shape index (κ1) is 53.6. The first-order chi connectivity index (χ1) is 41.0. The van der Waals surface area contributed by atoms with Crippen LogP contribution in [0.25, 0.3) is 60.7 Å². The van der Waals surface area contributed by atoms with Crippen molar-refractivity contribution in [3.8, 4) is 28.4 Å². The number of benzene rings is 10. The summed E-state index contributed by atoms with van der Waals surface area (Å²) in [7, 11) is -2.85. The molecule has 0 atom stereocenters. The van der Waals surface area contributed by atoms with Crippen LogP contribution in [-0.4, -0.2) is 24.3 Å². The number of para-hydroxylation sites is 3. The highest BCUT2D eigenvalue weighted by Gasteiger charge is 2.42. The molecule has 1 aliphatic heterocycles. The van der Waals surface area contributed by atoms with Crippen LogP contribution in [0.3, 0.4) is 0 Å². The lowest BCUT2D eigenvalue weighted by atomic mass is 9.80. The number of anilines is 4. The summed E-state index contributed by atoms with van der Waals surface area (Å²) in [6.07, 6.45) is 1.95. The van der Waals surface area contributed by atoms with Gasteiger partial charge in [0.25, 0.3) is 0 Å². The third kappa shape index (κ3) is 9.29. The molecule has 4 heterocycles. The second-order valence-corrected chi connectivity index (χ2v) is 29.9. The maximum Gasteiger partial charge on any atom is 0.179 e. The van der Waals surface area contributed by atoms with Crippen LogP contribution in [0.2, 0.25) is 0 Å². The van der Waals surface area contributed by atoms with Gasteiger partial charge in [-0.1, -0.05) is 226 Å². The highest BCUT2D eigenvalue weighted by atomic mass is 28.3. The highest BCUT2D eigenvalue weighted by Crippen LogP contribution is 2.52. The molecule has 0 aliphatic carbocycles. The molecule has 0 fully saturated rings. The van der Waals surface area contributed by atoms with Gasteiger partial charge in [0.2, 0.25) is 0 Å². The first-order valence-electron chi connectivity index (χ1n) is 29.8. The van der Waals surface area contributed by atoms with Crippen LogP contribution in [0.5, 0.6) is 11.5 Å². The highest BCUT2D eigenvalue weighted by molar-refractivity contribution is 7.20. The number of pyridine rings is 1. The van der Waals surface area contributed by atoms with Crippen molar-refractivity contribution in [3.63, 3.8) is 0 Å². The summed E-state index contributed by atoms with van der Waals surface area (Å²) in [6.45, 7) is 21.2. The first-order valence-corrected chi connectivity index (χ1v) is 31.8. The van der Waals surface area contributed by atoms with E-state index in [1.54, 1.807) is 0 Å². The van der Waals surface area contributed by atoms with Crippen molar-refractivity contribution >= 4 is 95.3 Å². The summed E-state index contributed by atoms with van der Waals surface area (Å²) in [5.41, 5.74) is 14.1. The fourth-order valence-corrected chi connectivity index (χ4v) is 17.8. The minimum atomic E-state index is -2.85. The molecule has 0 radical (unpaired) electrons. The van der Waals surface area contributed by atoms with E-state index >= 15 is 0 Å². The maximum absolute atomic E-state index is 7.10. The number of hydrogen-bond donors (Lipinski definition) is 0. The Bertz CT molecular complexity index is 4550. The van der Waals surface area contributed by atoms with Crippen molar-refractivity contribution in [1.82, 2.24) is 9.55 Å². The van der Waals surface area contributed by atoms with Crippen molar-refractivity contribution in [3.05, 3.63) is 266 Å². The molecule has 14 rings (SSSR count). The molecular formula is C78H70N4O2Si. The summed E-state index contributed by atoms with van der Waals surface area (Å²) in [5.74, 6) is 2.35. The monoisotopic (exact) mass is 1120 g/mol. The number of hydrogen-bond acceptors (Lipinski definition) is 5. The summed E-state index contributed by atoms with van der Waals surface area (Å²) < 4.78 is 16.2. The molecule has 6 nitrogen and oxygen atoms in total. The zero-order valence-electron chi connectivity index (χ0n) is 50.0. The molecule has 418 valence electrons. The molecule has 0 amide bonds. The van der Waals surface area contributed by atoms with Crippen LogP contribution >= 0.6 is 0 Å². The van der Waals surface area contributed by atoms with Gasteiger partial charge in [0.05, 0.1) is 22.4 Å². The van der Waals surface area contributed by atoms with E-state index in [2.05, 4.69) is 313 Å². The van der Waals surface area contributed by atoms with Crippen molar-refractivity contribution in [1.29, 1.82) is 0 Å². The number of aromatic nitrogens is 2. The van der Waals surface area contributed by atoms with Crippen molar-refractivity contribution in [2.24, 2.45) is 0 Å². The Labute approximate surface area is 500 Å². The molecule has 3 aromatic heterocycles. The third-order valence-electron chi connectivity index (χ3n) is 17.5. The Morgan fingerprint density at radius 1 is 0.412 bits per heavy atom. The molecule has 0 N–H and O–H groups in total. The van der Waals surface area contributed by atoms with Gasteiger partial charge in [-0.15, -0.1) is 0 Å². The molecule has 85 heavy (non-hydrogen) atoms. The van der Waals surface area contributed by atoms with Gasteiger partial charge in [0, 0.05) is 62.4 Å². The standard InChI is InChI=1S/C78H70N4O2Si/c1-76(2,3)52-42-43-79-73(47-52)82-69-41-39-62(85(59-26-13-10-14-27-59,60-28-15-11-16-29-60)61-30-17-12-18-31-61)50-68(69)63-40-38-58(49-71(63)82)83-57-25-21-24-55(48-57)80-51-81(56-45-53(77(4,5)6)44-54(46-56)78(7,8)9)74-65(33-23-36-70(74)80)67-35-22-34-66-64-32-19-20-37-72(64)84-75(66)67/h10-50H,51H2,1-9H3. The lowest BCUT2D eigenvalue weighted by Crippen LogP contribution is -2.74. The van der Waals surface area contributed by atoms with Crippen molar-refractivity contribution < 1.29 is 9.15 Å². The molecular weight excluding hydrogens is 1050 g/mol. The minimum Gasteiger partial charge on any atom is -0.457 e. The summed E-state index contributed by atoms with van der Waals surface area (Å²) in [4.78, 5) is 10.1. The second kappa shape index (κ2) is 20.4.